The normalized spacial score (nSPS) is 30.1. The van der Waals surface area contributed by atoms with Crippen LogP contribution in [0, 0.1) is 17.8 Å². The number of hydrogen-bond acceptors (Lipinski definition) is 2. The summed E-state index contributed by atoms with van der Waals surface area (Å²) in [4.78, 5) is 14.3. The molecule has 104 valence electrons. The molecule has 1 aliphatic heterocycles. The zero-order chi connectivity index (χ0) is 13.1. The van der Waals surface area contributed by atoms with E-state index in [9.17, 15) is 4.79 Å². The maximum atomic E-state index is 12.2. The first-order valence-corrected chi connectivity index (χ1v) is 7.61. The van der Waals surface area contributed by atoms with Crippen LogP contribution in [0.5, 0.6) is 0 Å². The zero-order valence-corrected chi connectivity index (χ0v) is 11.9. The molecule has 2 aliphatic rings. The van der Waals surface area contributed by atoms with Crippen molar-refractivity contribution in [2.45, 2.75) is 58.4 Å². The predicted molar refractivity (Wildman–Crippen MR) is 74.1 cm³/mol. The zero-order valence-electron chi connectivity index (χ0n) is 11.9. The van der Waals surface area contributed by atoms with Crippen molar-refractivity contribution in [1.82, 2.24) is 4.90 Å². The molecule has 0 aromatic rings. The summed E-state index contributed by atoms with van der Waals surface area (Å²) in [6.45, 7) is 6.13. The number of piperidine rings is 1. The van der Waals surface area contributed by atoms with Crippen molar-refractivity contribution in [3.05, 3.63) is 0 Å². The number of carbonyl (C=O) groups is 1. The van der Waals surface area contributed by atoms with Gasteiger partial charge in [0.25, 0.3) is 0 Å². The molecule has 3 nitrogen and oxygen atoms in total. The Bertz CT molecular complexity index is 290. The highest BCUT2D eigenvalue weighted by Gasteiger charge is 2.33. The summed E-state index contributed by atoms with van der Waals surface area (Å²) in [6.07, 6.45) is 7.20. The molecule has 0 spiro atoms. The lowest BCUT2D eigenvalue weighted by atomic mass is 9.75. The van der Waals surface area contributed by atoms with Gasteiger partial charge in [-0.1, -0.05) is 33.1 Å². The van der Waals surface area contributed by atoms with Crippen LogP contribution in [0.2, 0.25) is 0 Å². The molecule has 3 unspecified atom stereocenters. The van der Waals surface area contributed by atoms with Gasteiger partial charge in [-0.05, 0) is 30.6 Å². The summed E-state index contributed by atoms with van der Waals surface area (Å²) in [5.74, 6) is 2.33. The molecular weight excluding hydrogens is 224 g/mol. The molecular formula is C15H28N2O. The smallest absolute Gasteiger partial charge is 0.224 e. The maximum Gasteiger partial charge on any atom is 0.224 e. The molecule has 1 amide bonds. The van der Waals surface area contributed by atoms with Crippen molar-refractivity contribution in [1.29, 1.82) is 0 Å². The molecule has 0 aromatic carbocycles. The second-order valence-electron chi connectivity index (χ2n) is 6.55. The molecule has 1 saturated carbocycles. The van der Waals surface area contributed by atoms with Crippen molar-refractivity contribution in [3.8, 4) is 0 Å². The molecule has 2 rings (SSSR count). The number of likely N-dealkylation sites (tertiary alicyclic amines) is 1. The van der Waals surface area contributed by atoms with Gasteiger partial charge in [0.05, 0.1) is 0 Å². The lowest BCUT2D eigenvalue weighted by molar-refractivity contribution is -0.134. The van der Waals surface area contributed by atoms with Crippen LogP contribution in [-0.4, -0.2) is 29.9 Å². The van der Waals surface area contributed by atoms with Crippen molar-refractivity contribution >= 4 is 5.91 Å². The van der Waals surface area contributed by atoms with Crippen LogP contribution < -0.4 is 5.73 Å². The van der Waals surface area contributed by atoms with E-state index in [0.717, 1.165) is 24.9 Å². The Kier molecular flexibility index (Phi) is 4.66. The van der Waals surface area contributed by atoms with Gasteiger partial charge < -0.3 is 10.6 Å². The average molecular weight is 252 g/mol. The van der Waals surface area contributed by atoms with Crippen molar-refractivity contribution in [2.75, 3.05) is 13.1 Å². The van der Waals surface area contributed by atoms with Crippen molar-refractivity contribution in [2.24, 2.45) is 23.5 Å². The predicted octanol–water partition coefficient (Wildman–Crippen LogP) is 2.40. The van der Waals surface area contributed by atoms with E-state index in [1.54, 1.807) is 0 Å². The highest BCUT2D eigenvalue weighted by atomic mass is 16.2. The van der Waals surface area contributed by atoms with Crippen LogP contribution in [0.3, 0.4) is 0 Å². The number of hydrogen-bond donors (Lipinski definition) is 1. The van der Waals surface area contributed by atoms with Gasteiger partial charge in [-0.2, -0.15) is 0 Å². The van der Waals surface area contributed by atoms with Crippen LogP contribution in [0.4, 0.5) is 0 Å². The van der Waals surface area contributed by atoms with Crippen LogP contribution in [0.25, 0.3) is 0 Å². The highest BCUT2D eigenvalue weighted by molar-refractivity contribution is 5.77. The van der Waals surface area contributed by atoms with Gasteiger partial charge in [0, 0.05) is 25.6 Å². The minimum Gasteiger partial charge on any atom is -0.342 e. The van der Waals surface area contributed by atoms with Gasteiger partial charge in [0.2, 0.25) is 5.91 Å². The summed E-state index contributed by atoms with van der Waals surface area (Å²) in [7, 11) is 0. The summed E-state index contributed by atoms with van der Waals surface area (Å²) < 4.78 is 0. The average Bonchev–Trinajstić information content (AvgIpc) is 2.37. The van der Waals surface area contributed by atoms with E-state index in [0.29, 0.717) is 12.3 Å². The van der Waals surface area contributed by atoms with Crippen molar-refractivity contribution < 1.29 is 4.79 Å². The summed E-state index contributed by atoms with van der Waals surface area (Å²) in [6, 6.07) is 0.0154. The van der Waals surface area contributed by atoms with Gasteiger partial charge in [0.15, 0.2) is 0 Å². The van der Waals surface area contributed by atoms with Crippen LogP contribution in [0.1, 0.15) is 52.4 Å². The van der Waals surface area contributed by atoms with E-state index in [4.69, 9.17) is 5.73 Å². The Morgan fingerprint density at radius 3 is 2.56 bits per heavy atom. The third kappa shape index (κ3) is 3.25. The lowest BCUT2D eigenvalue weighted by Crippen LogP contribution is -2.46. The maximum absolute atomic E-state index is 12.2. The Morgan fingerprint density at radius 1 is 1.22 bits per heavy atom. The SMILES string of the molecule is CC(C)C(N)CC(=O)N1CCC2CCCCC2C1. The van der Waals surface area contributed by atoms with Gasteiger partial charge in [-0.15, -0.1) is 0 Å². The van der Waals surface area contributed by atoms with Gasteiger partial charge in [-0.25, -0.2) is 0 Å². The number of rotatable bonds is 3. The largest absolute Gasteiger partial charge is 0.342 e. The quantitative estimate of drug-likeness (QED) is 0.838. The first kappa shape index (κ1) is 13.9. The fourth-order valence-corrected chi connectivity index (χ4v) is 3.39. The molecule has 18 heavy (non-hydrogen) atoms. The van der Waals surface area contributed by atoms with Crippen molar-refractivity contribution in [3.63, 3.8) is 0 Å². The third-order valence-corrected chi connectivity index (χ3v) is 4.91. The summed E-state index contributed by atoms with van der Waals surface area (Å²) >= 11 is 0. The molecule has 0 radical (unpaired) electrons. The van der Waals surface area contributed by atoms with Crippen LogP contribution in [0.15, 0.2) is 0 Å². The monoisotopic (exact) mass is 252 g/mol. The minimum atomic E-state index is 0.0154. The molecule has 0 bridgehead atoms. The second-order valence-corrected chi connectivity index (χ2v) is 6.55. The van der Waals surface area contributed by atoms with E-state index >= 15 is 0 Å². The molecule has 1 heterocycles. The number of nitrogens with two attached hydrogens (primary N) is 1. The fraction of sp³-hybridized carbons (Fsp3) is 0.933. The van der Waals surface area contributed by atoms with Crippen LogP contribution >= 0.6 is 0 Å². The Hall–Kier alpha value is -0.570. The molecule has 2 fully saturated rings. The van der Waals surface area contributed by atoms with E-state index in [1.807, 2.05) is 0 Å². The second kappa shape index (κ2) is 6.05. The van der Waals surface area contributed by atoms with Gasteiger partial charge in [0.1, 0.15) is 0 Å². The molecule has 1 aliphatic carbocycles. The Labute approximate surface area is 111 Å². The third-order valence-electron chi connectivity index (χ3n) is 4.91. The first-order valence-electron chi connectivity index (χ1n) is 7.61. The molecule has 2 N–H and O–H groups in total. The number of amides is 1. The number of nitrogens with zero attached hydrogens (tertiary/aromatic N) is 1. The summed E-state index contributed by atoms with van der Waals surface area (Å²) in [5.41, 5.74) is 6.01. The lowest BCUT2D eigenvalue weighted by Gasteiger charge is -2.41. The molecule has 3 atom stereocenters. The van der Waals surface area contributed by atoms with E-state index in [-0.39, 0.29) is 11.9 Å². The van der Waals surface area contributed by atoms with E-state index in [2.05, 4.69) is 18.7 Å². The molecule has 0 aromatic heterocycles. The van der Waals surface area contributed by atoms with Crippen LogP contribution in [-0.2, 0) is 4.79 Å². The standard InChI is InChI=1S/C15H28N2O/c1-11(2)14(16)9-15(18)17-8-7-12-5-3-4-6-13(12)10-17/h11-14H,3-10,16H2,1-2H3. The number of fused-ring (bicyclic) bond motifs is 1. The van der Waals surface area contributed by atoms with E-state index < -0.39 is 0 Å². The number of carbonyl (C=O) groups excluding carboxylic acids is 1. The Morgan fingerprint density at radius 2 is 1.89 bits per heavy atom. The fourth-order valence-electron chi connectivity index (χ4n) is 3.39. The summed E-state index contributed by atoms with van der Waals surface area (Å²) in [5, 5.41) is 0. The minimum absolute atomic E-state index is 0.0154. The molecule has 3 heteroatoms. The van der Waals surface area contributed by atoms with E-state index in [1.165, 1.54) is 32.1 Å². The van der Waals surface area contributed by atoms with Gasteiger partial charge in [-0.3, -0.25) is 4.79 Å². The highest BCUT2D eigenvalue weighted by Crippen LogP contribution is 2.36. The topological polar surface area (TPSA) is 46.3 Å². The Balaban J connectivity index is 1.84. The molecule has 1 saturated heterocycles. The van der Waals surface area contributed by atoms with Gasteiger partial charge >= 0.3 is 0 Å². The first-order chi connectivity index (χ1) is 8.58.